The summed E-state index contributed by atoms with van der Waals surface area (Å²) in [5.74, 6) is 1.81. The standard InChI is InChI=1S/C23H22N6O3/c1-31-19-11-9-16(10-12-19)21-20(24-15-32-21)23(30)28-13-5-6-17(14-28)22-25-26-27-29(22)18-7-3-2-4-8-18/h2-4,7-12,15,17H,5-6,13-14H2,1H3. The lowest BCUT2D eigenvalue weighted by atomic mass is 9.96. The van der Waals surface area contributed by atoms with Crippen molar-refractivity contribution < 1.29 is 13.9 Å². The molecule has 162 valence electrons. The van der Waals surface area contributed by atoms with E-state index in [0.717, 1.165) is 35.7 Å². The molecule has 0 radical (unpaired) electrons. The summed E-state index contributed by atoms with van der Waals surface area (Å²) in [5.41, 5.74) is 1.97. The highest BCUT2D eigenvalue weighted by atomic mass is 16.5. The Hall–Kier alpha value is -4.01. The highest BCUT2D eigenvalue weighted by Gasteiger charge is 2.31. The lowest BCUT2D eigenvalue weighted by molar-refractivity contribution is 0.0698. The summed E-state index contributed by atoms with van der Waals surface area (Å²) in [6, 6.07) is 17.1. The van der Waals surface area contributed by atoms with E-state index >= 15 is 0 Å². The number of hydrogen-bond donors (Lipinski definition) is 0. The van der Waals surface area contributed by atoms with E-state index < -0.39 is 0 Å². The van der Waals surface area contributed by atoms with Gasteiger partial charge in [-0.05, 0) is 59.7 Å². The molecule has 32 heavy (non-hydrogen) atoms. The van der Waals surface area contributed by atoms with Crippen molar-refractivity contribution in [2.45, 2.75) is 18.8 Å². The highest BCUT2D eigenvalue weighted by Crippen LogP contribution is 2.30. The van der Waals surface area contributed by atoms with Gasteiger partial charge in [-0.3, -0.25) is 4.79 Å². The van der Waals surface area contributed by atoms with Crippen LogP contribution in [0.15, 0.2) is 65.4 Å². The quantitative estimate of drug-likeness (QED) is 0.479. The first-order valence-corrected chi connectivity index (χ1v) is 10.5. The first kappa shape index (κ1) is 19.9. The Morgan fingerprint density at radius 3 is 2.72 bits per heavy atom. The number of nitrogens with zero attached hydrogens (tertiary/aromatic N) is 6. The third kappa shape index (κ3) is 3.73. The Morgan fingerprint density at radius 2 is 1.94 bits per heavy atom. The molecule has 0 aliphatic carbocycles. The van der Waals surface area contributed by atoms with Gasteiger partial charge in [0.25, 0.3) is 5.91 Å². The van der Waals surface area contributed by atoms with Crippen LogP contribution in [0.1, 0.15) is 35.1 Å². The zero-order valence-electron chi connectivity index (χ0n) is 17.6. The predicted octanol–water partition coefficient (Wildman–Crippen LogP) is 3.35. The molecule has 4 aromatic rings. The molecule has 3 heterocycles. The van der Waals surface area contributed by atoms with Crippen LogP contribution in [0.4, 0.5) is 0 Å². The zero-order valence-corrected chi connectivity index (χ0v) is 17.6. The minimum atomic E-state index is -0.159. The van der Waals surface area contributed by atoms with Crippen molar-refractivity contribution in [3.8, 4) is 22.8 Å². The van der Waals surface area contributed by atoms with Gasteiger partial charge in [-0.15, -0.1) is 5.10 Å². The Kier molecular flexibility index (Phi) is 5.37. The molecule has 1 saturated heterocycles. The molecular formula is C23H22N6O3. The molecule has 0 spiro atoms. The fourth-order valence-electron chi connectivity index (χ4n) is 4.07. The fraction of sp³-hybridized carbons (Fsp3) is 0.261. The van der Waals surface area contributed by atoms with Crippen molar-refractivity contribution in [1.29, 1.82) is 0 Å². The summed E-state index contributed by atoms with van der Waals surface area (Å²) >= 11 is 0. The molecule has 1 aliphatic heterocycles. The van der Waals surface area contributed by atoms with Crippen molar-refractivity contribution in [3.63, 3.8) is 0 Å². The smallest absolute Gasteiger partial charge is 0.276 e. The number of oxazole rings is 1. The van der Waals surface area contributed by atoms with E-state index in [1.54, 1.807) is 11.8 Å². The second-order valence-electron chi connectivity index (χ2n) is 7.63. The van der Waals surface area contributed by atoms with Gasteiger partial charge in [0.1, 0.15) is 5.75 Å². The molecule has 1 unspecified atom stereocenters. The van der Waals surface area contributed by atoms with Crippen LogP contribution in [0, 0.1) is 0 Å². The third-order valence-corrected chi connectivity index (χ3v) is 5.69. The summed E-state index contributed by atoms with van der Waals surface area (Å²) in [5, 5.41) is 12.3. The van der Waals surface area contributed by atoms with Gasteiger partial charge in [-0.25, -0.2) is 4.98 Å². The molecule has 1 atom stereocenters. The Labute approximate surface area is 184 Å². The number of tetrazole rings is 1. The lowest BCUT2D eigenvalue weighted by Gasteiger charge is -2.31. The van der Waals surface area contributed by atoms with E-state index in [1.807, 2.05) is 59.5 Å². The maximum atomic E-state index is 13.4. The van der Waals surface area contributed by atoms with Gasteiger partial charge in [0.05, 0.1) is 12.8 Å². The average molecular weight is 430 g/mol. The van der Waals surface area contributed by atoms with Crippen molar-refractivity contribution >= 4 is 5.91 Å². The number of methoxy groups -OCH3 is 1. The largest absolute Gasteiger partial charge is 0.497 e. The van der Waals surface area contributed by atoms with Gasteiger partial charge in [-0.2, -0.15) is 4.68 Å². The topological polar surface area (TPSA) is 99.2 Å². The van der Waals surface area contributed by atoms with Gasteiger partial charge < -0.3 is 14.1 Å². The summed E-state index contributed by atoms with van der Waals surface area (Å²) < 4.78 is 12.5. The molecule has 9 heteroatoms. The SMILES string of the molecule is COc1ccc(-c2ocnc2C(=O)N2CCCC(c3nnnn3-c3ccccc3)C2)cc1. The molecule has 5 rings (SSSR count). The second kappa shape index (κ2) is 8.62. The molecule has 9 nitrogen and oxygen atoms in total. The summed E-state index contributed by atoms with van der Waals surface area (Å²) in [7, 11) is 1.61. The number of aromatic nitrogens is 5. The van der Waals surface area contributed by atoms with Crippen molar-refractivity contribution in [2.75, 3.05) is 20.2 Å². The van der Waals surface area contributed by atoms with E-state index in [2.05, 4.69) is 20.5 Å². The van der Waals surface area contributed by atoms with Crippen molar-refractivity contribution in [1.82, 2.24) is 30.1 Å². The Bertz CT molecular complexity index is 1200. The summed E-state index contributed by atoms with van der Waals surface area (Å²) in [6.07, 6.45) is 3.07. The zero-order chi connectivity index (χ0) is 21.9. The number of ether oxygens (including phenoxy) is 1. The number of piperidine rings is 1. The molecule has 0 bridgehead atoms. The maximum absolute atomic E-state index is 13.4. The Balaban J connectivity index is 1.38. The minimum absolute atomic E-state index is 0.0271. The van der Waals surface area contributed by atoms with Crippen LogP contribution in [-0.2, 0) is 0 Å². The molecule has 2 aromatic heterocycles. The molecule has 1 fully saturated rings. The molecule has 2 aromatic carbocycles. The summed E-state index contributed by atoms with van der Waals surface area (Å²) in [4.78, 5) is 19.4. The second-order valence-corrected chi connectivity index (χ2v) is 7.63. The van der Waals surface area contributed by atoms with Gasteiger partial charge in [0.2, 0.25) is 0 Å². The highest BCUT2D eigenvalue weighted by molar-refractivity contribution is 5.97. The van der Waals surface area contributed by atoms with Crippen molar-refractivity contribution in [3.05, 3.63) is 72.5 Å². The number of rotatable bonds is 5. The first-order chi connectivity index (χ1) is 15.7. The maximum Gasteiger partial charge on any atom is 0.276 e. The van der Waals surface area contributed by atoms with Crippen LogP contribution >= 0.6 is 0 Å². The van der Waals surface area contributed by atoms with E-state index in [4.69, 9.17) is 9.15 Å². The molecule has 1 amide bonds. The average Bonchev–Trinajstić information content (AvgIpc) is 3.54. The normalized spacial score (nSPS) is 16.2. The van der Waals surface area contributed by atoms with E-state index in [-0.39, 0.29) is 11.8 Å². The van der Waals surface area contributed by atoms with Crippen LogP contribution < -0.4 is 4.74 Å². The Morgan fingerprint density at radius 1 is 1.12 bits per heavy atom. The number of likely N-dealkylation sites (tertiary alicyclic amines) is 1. The fourth-order valence-corrected chi connectivity index (χ4v) is 4.07. The minimum Gasteiger partial charge on any atom is -0.497 e. The molecule has 0 N–H and O–H groups in total. The number of carbonyl (C=O) groups is 1. The van der Waals surface area contributed by atoms with E-state index in [9.17, 15) is 4.79 Å². The third-order valence-electron chi connectivity index (χ3n) is 5.69. The van der Waals surface area contributed by atoms with Gasteiger partial charge in [-0.1, -0.05) is 18.2 Å². The molecule has 1 aliphatic rings. The van der Waals surface area contributed by atoms with E-state index in [1.165, 1.54) is 6.39 Å². The van der Waals surface area contributed by atoms with Crippen LogP contribution in [0.5, 0.6) is 5.75 Å². The van der Waals surface area contributed by atoms with Gasteiger partial charge in [0.15, 0.2) is 23.7 Å². The number of benzene rings is 2. The molecular weight excluding hydrogens is 408 g/mol. The monoisotopic (exact) mass is 430 g/mol. The van der Waals surface area contributed by atoms with Crippen LogP contribution in [0.25, 0.3) is 17.0 Å². The first-order valence-electron chi connectivity index (χ1n) is 10.5. The predicted molar refractivity (Wildman–Crippen MR) is 116 cm³/mol. The molecule has 0 saturated carbocycles. The van der Waals surface area contributed by atoms with Gasteiger partial charge >= 0.3 is 0 Å². The van der Waals surface area contributed by atoms with E-state index in [0.29, 0.717) is 24.5 Å². The summed E-state index contributed by atoms with van der Waals surface area (Å²) in [6.45, 7) is 1.16. The van der Waals surface area contributed by atoms with Crippen LogP contribution in [0.3, 0.4) is 0 Å². The lowest BCUT2D eigenvalue weighted by Crippen LogP contribution is -2.40. The van der Waals surface area contributed by atoms with Gasteiger partial charge in [0, 0.05) is 24.6 Å². The number of amides is 1. The number of carbonyl (C=O) groups excluding carboxylic acids is 1. The van der Waals surface area contributed by atoms with Crippen LogP contribution in [0.2, 0.25) is 0 Å². The van der Waals surface area contributed by atoms with Crippen LogP contribution in [-0.4, -0.2) is 56.2 Å². The number of hydrogen-bond acceptors (Lipinski definition) is 7. The number of para-hydroxylation sites is 1. The van der Waals surface area contributed by atoms with Crippen molar-refractivity contribution in [2.24, 2.45) is 0 Å².